The summed E-state index contributed by atoms with van der Waals surface area (Å²) >= 11 is 0. The van der Waals surface area contributed by atoms with Crippen LogP contribution in [0.2, 0.25) is 0 Å². The highest BCUT2D eigenvalue weighted by molar-refractivity contribution is 5.82. The molecule has 0 radical (unpaired) electrons. The van der Waals surface area contributed by atoms with Gasteiger partial charge in [0.1, 0.15) is 6.10 Å². The van der Waals surface area contributed by atoms with Gasteiger partial charge in [0.25, 0.3) is 5.91 Å². The third kappa shape index (κ3) is 2.61. The molecule has 0 aromatic carbocycles. The topological polar surface area (TPSA) is 49.9 Å². The molecule has 0 aromatic rings. The van der Waals surface area contributed by atoms with Gasteiger partial charge in [0.15, 0.2) is 0 Å². The quantitative estimate of drug-likeness (QED) is 0.737. The number of piperazine rings is 1. The summed E-state index contributed by atoms with van der Waals surface area (Å²) in [6.07, 6.45) is 4.89. The fourth-order valence-corrected chi connectivity index (χ4v) is 3.04. The second kappa shape index (κ2) is 5.49. The van der Waals surface area contributed by atoms with Crippen LogP contribution in [0.4, 0.5) is 0 Å². The highest BCUT2D eigenvalue weighted by Gasteiger charge is 2.34. The van der Waals surface area contributed by atoms with Crippen molar-refractivity contribution in [2.75, 3.05) is 32.8 Å². The largest absolute Gasteiger partial charge is 0.368 e. The van der Waals surface area contributed by atoms with Crippen molar-refractivity contribution >= 4 is 11.8 Å². The van der Waals surface area contributed by atoms with E-state index >= 15 is 0 Å². The molecule has 0 spiro atoms. The lowest BCUT2D eigenvalue weighted by Crippen LogP contribution is -2.54. The fourth-order valence-electron chi connectivity index (χ4n) is 3.04. The van der Waals surface area contributed by atoms with Gasteiger partial charge in [0.2, 0.25) is 5.91 Å². The second-order valence-corrected chi connectivity index (χ2v) is 5.78. The molecule has 2 amide bonds. The number of ether oxygens (including phenoxy) is 1. The first-order valence-corrected chi connectivity index (χ1v) is 7.45. The second-order valence-electron chi connectivity index (χ2n) is 5.78. The maximum atomic E-state index is 12.2. The lowest BCUT2D eigenvalue weighted by atomic mass is 9.84. The highest BCUT2D eigenvalue weighted by atomic mass is 16.5. The maximum absolute atomic E-state index is 12.2. The van der Waals surface area contributed by atoms with E-state index in [-0.39, 0.29) is 17.9 Å². The van der Waals surface area contributed by atoms with Crippen LogP contribution >= 0.6 is 0 Å². The summed E-state index contributed by atoms with van der Waals surface area (Å²) in [5.74, 6) is 0.684. The monoisotopic (exact) mass is 266 g/mol. The molecule has 2 heterocycles. The number of carbonyl (C=O) groups is 2. The SMILES string of the molecule is O=C(C1CCC1)N1CCN(C(=O)C2CCCO2)CC1. The number of carbonyl (C=O) groups excluding carboxylic acids is 2. The summed E-state index contributed by atoms with van der Waals surface area (Å²) in [6.45, 7) is 3.41. The first kappa shape index (κ1) is 12.9. The van der Waals surface area contributed by atoms with Gasteiger partial charge < -0.3 is 14.5 Å². The van der Waals surface area contributed by atoms with Crippen molar-refractivity contribution < 1.29 is 14.3 Å². The summed E-state index contributed by atoms with van der Waals surface area (Å²) in [5, 5.41) is 0. The molecule has 1 unspecified atom stereocenters. The molecule has 0 aromatic heterocycles. The Bertz CT molecular complexity index is 354. The van der Waals surface area contributed by atoms with E-state index in [2.05, 4.69) is 0 Å². The zero-order valence-corrected chi connectivity index (χ0v) is 11.3. The van der Waals surface area contributed by atoms with Crippen molar-refractivity contribution in [3.05, 3.63) is 0 Å². The van der Waals surface area contributed by atoms with Crippen molar-refractivity contribution in [3.63, 3.8) is 0 Å². The van der Waals surface area contributed by atoms with Crippen molar-refractivity contribution in [1.29, 1.82) is 0 Å². The van der Waals surface area contributed by atoms with Gasteiger partial charge in [-0.25, -0.2) is 0 Å². The normalized spacial score (nSPS) is 28.3. The van der Waals surface area contributed by atoms with E-state index in [0.717, 1.165) is 25.7 Å². The first-order chi connectivity index (χ1) is 9.25. The zero-order valence-electron chi connectivity index (χ0n) is 11.3. The molecule has 2 saturated heterocycles. The molecule has 19 heavy (non-hydrogen) atoms. The Balaban J connectivity index is 1.48. The first-order valence-electron chi connectivity index (χ1n) is 7.45. The molecular formula is C14H22N2O3. The van der Waals surface area contributed by atoms with E-state index in [1.54, 1.807) is 0 Å². The smallest absolute Gasteiger partial charge is 0.251 e. The molecule has 0 bridgehead atoms. The Kier molecular flexibility index (Phi) is 3.73. The molecule has 5 nitrogen and oxygen atoms in total. The van der Waals surface area contributed by atoms with Gasteiger partial charge >= 0.3 is 0 Å². The standard InChI is InChI=1S/C14H22N2O3/c17-13(11-3-1-4-11)15-6-8-16(9-7-15)14(18)12-5-2-10-19-12/h11-12H,1-10H2. The predicted octanol–water partition coefficient (Wildman–Crippen LogP) is 0.636. The zero-order chi connectivity index (χ0) is 13.2. The lowest BCUT2D eigenvalue weighted by Gasteiger charge is -2.38. The molecule has 3 rings (SSSR count). The van der Waals surface area contributed by atoms with E-state index in [1.165, 1.54) is 6.42 Å². The minimum absolute atomic E-state index is 0.119. The molecule has 106 valence electrons. The molecule has 1 atom stereocenters. The molecular weight excluding hydrogens is 244 g/mol. The van der Waals surface area contributed by atoms with Gasteiger partial charge in [-0.1, -0.05) is 6.42 Å². The summed E-state index contributed by atoms with van der Waals surface area (Å²) in [6, 6.07) is 0. The van der Waals surface area contributed by atoms with E-state index in [4.69, 9.17) is 4.74 Å². The van der Waals surface area contributed by atoms with Crippen molar-refractivity contribution in [1.82, 2.24) is 9.80 Å². The minimum atomic E-state index is -0.228. The number of hydrogen-bond donors (Lipinski definition) is 0. The van der Waals surface area contributed by atoms with Crippen LogP contribution in [0, 0.1) is 5.92 Å². The molecule has 5 heteroatoms. The van der Waals surface area contributed by atoms with Crippen molar-refractivity contribution in [2.24, 2.45) is 5.92 Å². The van der Waals surface area contributed by atoms with Gasteiger partial charge in [-0.15, -0.1) is 0 Å². The highest BCUT2D eigenvalue weighted by Crippen LogP contribution is 2.28. The number of rotatable bonds is 2. The Morgan fingerprint density at radius 2 is 1.47 bits per heavy atom. The number of nitrogens with zero attached hydrogens (tertiary/aromatic N) is 2. The minimum Gasteiger partial charge on any atom is -0.368 e. The van der Waals surface area contributed by atoms with Crippen LogP contribution < -0.4 is 0 Å². The Labute approximate surface area is 113 Å². The van der Waals surface area contributed by atoms with Crippen LogP contribution in [0.1, 0.15) is 32.1 Å². The molecule has 3 aliphatic rings. The van der Waals surface area contributed by atoms with Gasteiger partial charge in [-0.05, 0) is 25.7 Å². The Morgan fingerprint density at radius 1 is 0.842 bits per heavy atom. The van der Waals surface area contributed by atoms with E-state index in [0.29, 0.717) is 38.7 Å². The van der Waals surface area contributed by atoms with E-state index in [9.17, 15) is 9.59 Å². The summed E-state index contributed by atoms with van der Waals surface area (Å²) in [4.78, 5) is 28.1. The maximum Gasteiger partial charge on any atom is 0.251 e. The molecule has 1 aliphatic carbocycles. The molecule has 1 saturated carbocycles. The summed E-state index contributed by atoms with van der Waals surface area (Å²) in [5.41, 5.74) is 0. The van der Waals surface area contributed by atoms with E-state index in [1.807, 2.05) is 9.80 Å². The third-order valence-electron chi connectivity index (χ3n) is 4.56. The van der Waals surface area contributed by atoms with Gasteiger partial charge in [0, 0.05) is 38.7 Å². The number of amides is 2. The van der Waals surface area contributed by atoms with Gasteiger partial charge in [-0.2, -0.15) is 0 Å². The fraction of sp³-hybridized carbons (Fsp3) is 0.857. The van der Waals surface area contributed by atoms with Crippen LogP contribution in [-0.4, -0.2) is 60.5 Å². The molecule has 2 aliphatic heterocycles. The van der Waals surface area contributed by atoms with Crippen LogP contribution in [0.15, 0.2) is 0 Å². The summed E-state index contributed by atoms with van der Waals surface area (Å²) in [7, 11) is 0. The van der Waals surface area contributed by atoms with E-state index < -0.39 is 0 Å². The van der Waals surface area contributed by atoms with Gasteiger partial charge in [-0.3, -0.25) is 9.59 Å². The van der Waals surface area contributed by atoms with Gasteiger partial charge in [0.05, 0.1) is 0 Å². The lowest BCUT2D eigenvalue weighted by molar-refractivity contribution is -0.148. The van der Waals surface area contributed by atoms with Crippen LogP contribution in [0.5, 0.6) is 0 Å². The Morgan fingerprint density at radius 3 is 1.95 bits per heavy atom. The third-order valence-corrected chi connectivity index (χ3v) is 4.56. The predicted molar refractivity (Wildman–Crippen MR) is 69.5 cm³/mol. The number of hydrogen-bond acceptors (Lipinski definition) is 3. The Hall–Kier alpha value is -1.10. The van der Waals surface area contributed by atoms with Crippen LogP contribution in [0.25, 0.3) is 0 Å². The average molecular weight is 266 g/mol. The van der Waals surface area contributed by atoms with Crippen LogP contribution in [-0.2, 0) is 14.3 Å². The van der Waals surface area contributed by atoms with Crippen molar-refractivity contribution in [2.45, 2.75) is 38.2 Å². The van der Waals surface area contributed by atoms with Crippen LogP contribution in [0.3, 0.4) is 0 Å². The summed E-state index contributed by atoms with van der Waals surface area (Å²) < 4.78 is 5.44. The molecule has 3 fully saturated rings. The molecule has 0 N–H and O–H groups in total. The van der Waals surface area contributed by atoms with Crippen molar-refractivity contribution in [3.8, 4) is 0 Å². The average Bonchev–Trinajstić information content (AvgIpc) is 2.90.